The van der Waals surface area contributed by atoms with E-state index < -0.39 is 23.5 Å². The van der Waals surface area contributed by atoms with Gasteiger partial charge in [0.2, 0.25) is 12.0 Å². The lowest BCUT2D eigenvalue weighted by molar-refractivity contribution is -0.147. The summed E-state index contributed by atoms with van der Waals surface area (Å²) in [6.45, 7) is 8.95. The van der Waals surface area contributed by atoms with Crippen LogP contribution in [0.4, 0.5) is 0 Å². The predicted octanol–water partition coefficient (Wildman–Crippen LogP) is 4.14. The Kier molecular flexibility index (Phi) is 9.65. The van der Waals surface area contributed by atoms with Gasteiger partial charge in [-0.1, -0.05) is 23.4 Å². The van der Waals surface area contributed by atoms with Gasteiger partial charge in [-0.3, -0.25) is 9.59 Å². The minimum atomic E-state index is -0.701. The number of aromatic nitrogens is 1. The van der Waals surface area contributed by atoms with Crippen molar-refractivity contribution in [2.24, 2.45) is 10.9 Å². The molecule has 1 heterocycles. The fraction of sp³-hybridized carbons (Fsp3) is 0.579. The van der Waals surface area contributed by atoms with Gasteiger partial charge in [0.15, 0.2) is 5.12 Å². The molecule has 0 saturated heterocycles. The SMILES string of the molecule is CCOC(=O)C(CSC(C)=O)CC(N=C=O)c1cnc(OC(C)(C)C)c(Cl)c1. The van der Waals surface area contributed by atoms with Crippen LogP contribution in [0.3, 0.4) is 0 Å². The molecule has 1 aromatic heterocycles. The van der Waals surface area contributed by atoms with Crippen LogP contribution in [-0.4, -0.2) is 40.1 Å². The highest BCUT2D eigenvalue weighted by molar-refractivity contribution is 8.13. The third kappa shape index (κ3) is 8.42. The van der Waals surface area contributed by atoms with Gasteiger partial charge in [0.25, 0.3) is 0 Å². The summed E-state index contributed by atoms with van der Waals surface area (Å²) in [6.07, 6.45) is 3.18. The van der Waals surface area contributed by atoms with Gasteiger partial charge >= 0.3 is 5.97 Å². The van der Waals surface area contributed by atoms with Gasteiger partial charge in [0, 0.05) is 18.9 Å². The van der Waals surface area contributed by atoms with Crippen LogP contribution in [0.2, 0.25) is 5.02 Å². The van der Waals surface area contributed by atoms with Crippen molar-refractivity contribution >= 4 is 40.5 Å². The predicted molar refractivity (Wildman–Crippen MR) is 108 cm³/mol. The number of thioether (sulfide) groups is 1. The van der Waals surface area contributed by atoms with Crippen LogP contribution in [0.25, 0.3) is 0 Å². The first kappa shape index (κ1) is 24.1. The van der Waals surface area contributed by atoms with E-state index in [1.54, 1.807) is 13.0 Å². The molecule has 1 aromatic rings. The highest BCUT2D eigenvalue weighted by Crippen LogP contribution is 2.32. The monoisotopic (exact) mass is 428 g/mol. The quantitative estimate of drug-likeness (QED) is 0.331. The first-order valence-corrected chi connectivity index (χ1v) is 10.1. The van der Waals surface area contributed by atoms with Gasteiger partial charge in [0.05, 0.1) is 18.6 Å². The Balaban J connectivity index is 3.09. The van der Waals surface area contributed by atoms with Gasteiger partial charge in [0.1, 0.15) is 10.6 Å². The molecular formula is C19H25ClN2O5S. The molecule has 0 aromatic carbocycles. The second-order valence-electron chi connectivity index (χ2n) is 6.99. The molecule has 2 unspecified atom stereocenters. The molecule has 0 spiro atoms. The van der Waals surface area contributed by atoms with E-state index in [9.17, 15) is 14.4 Å². The Morgan fingerprint density at radius 1 is 1.39 bits per heavy atom. The van der Waals surface area contributed by atoms with Crippen molar-refractivity contribution < 1.29 is 23.9 Å². The summed E-state index contributed by atoms with van der Waals surface area (Å²) in [7, 11) is 0. The summed E-state index contributed by atoms with van der Waals surface area (Å²) in [5.41, 5.74) is 0.0639. The highest BCUT2D eigenvalue weighted by atomic mass is 35.5. The Morgan fingerprint density at radius 3 is 2.57 bits per heavy atom. The normalized spacial score (nSPS) is 13.2. The van der Waals surface area contributed by atoms with E-state index in [0.717, 1.165) is 11.8 Å². The molecule has 0 aliphatic rings. The van der Waals surface area contributed by atoms with Gasteiger partial charge in [-0.25, -0.2) is 9.78 Å². The lowest BCUT2D eigenvalue weighted by atomic mass is 9.97. The number of esters is 1. The molecule has 0 radical (unpaired) electrons. The summed E-state index contributed by atoms with van der Waals surface area (Å²) >= 11 is 7.28. The molecule has 7 nitrogen and oxygen atoms in total. The molecular weight excluding hydrogens is 404 g/mol. The zero-order chi connectivity index (χ0) is 21.3. The van der Waals surface area contributed by atoms with Crippen LogP contribution in [0.15, 0.2) is 17.3 Å². The van der Waals surface area contributed by atoms with E-state index in [2.05, 4.69) is 9.98 Å². The first-order valence-electron chi connectivity index (χ1n) is 8.78. The zero-order valence-corrected chi connectivity index (χ0v) is 18.2. The summed E-state index contributed by atoms with van der Waals surface area (Å²) < 4.78 is 10.8. The molecule has 0 aliphatic heterocycles. The molecule has 0 aliphatic carbocycles. The molecule has 0 fully saturated rings. The Labute approximate surface area is 174 Å². The second-order valence-corrected chi connectivity index (χ2v) is 8.60. The molecule has 9 heteroatoms. The lowest BCUT2D eigenvalue weighted by Gasteiger charge is -2.22. The van der Waals surface area contributed by atoms with Crippen molar-refractivity contribution in [3.8, 4) is 5.88 Å². The van der Waals surface area contributed by atoms with Crippen LogP contribution in [0.5, 0.6) is 5.88 Å². The largest absolute Gasteiger partial charge is 0.471 e. The maximum atomic E-state index is 12.3. The van der Waals surface area contributed by atoms with Crippen molar-refractivity contribution in [1.29, 1.82) is 0 Å². The number of nitrogens with zero attached hydrogens (tertiary/aromatic N) is 2. The van der Waals surface area contributed by atoms with E-state index in [4.69, 9.17) is 21.1 Å². The van der Waals surface area contributed by atoms with Gasteiger partial charge < -0.3 is 9.47 Å². The fourth-order valence-electron chi connectivity index (χ4n) is 2.29. The number of carbonyl (C=O) groups excluding carboxylic acids is 3. The number of isocyanates is 1. The van der Waals surface area contributed by atoms with E-state index in [1.165, 1.54) is 19.2 Å². The lowest BCUT2D eigenvalue weighted by Crippen LogP contribution is -2.24. The van der Waals surface area contributed by atoms with E-state index >= 15 is 0 Å². The zero-order valence-electron chi connectivity index (χ0n) is 16.7. The van der Waals surface area contributed by atoms with Gasteiger partial charge in [-0.2, -0.15) is 4.99 Å². The number of hydrogen-bond acceptors (Lipinski definition) is 8. The molecule has 154 valence electrons. The van der Waals surface area contributed by atoms with E-state index in [-0.39, 0.29) is 34.8 Å². The number of halogens is 1. The second kappa shape index (κ2) is 11.2. The number of ether oxygens (including phenoxy) is 2. The summed E-state index contributed by atoms with van der Waals surface area (Å²) in [5, 5.41) is 0.155. The molecule has 0 bridgehead atoms. The van der Waals surface area contributed by atoms with Crippen LogP contribution in [0, 0.1) is 5.92 Å². The minimum absolute atomic E-state index is 0.113. The summed E-state index contributed by atoms with van der Waals surface area (Å²) in [5.74, 6) is -0.582. The maximum Gasteiger partial charge on any atom is 0.309 e. The molecule has 0 saturated carbocycles. The van der Waals surface area contributed by atoms with Crippen LogP contribution < -0.4 is 4.74 Å². The van der Waals surface area contributed by atoms with Crippen molar-refractivity contribution in [3.05, 3.63) is 22.8 Å². The molecule has 0 N–H and O–H groups in total. The number of pyridine rings is 1. The van der Waals surface area contributed by atoms with Crippen molar-refractivity contribution in [2.45, 2.75) is 52.7 Å². The third-order valence-corrected chi connectivity index (χ3v) is 4.69. The van der Waals surface area contributed by atoms with Crippen LogP contribution in [0.1, 0.15) is 52.6 Å². The van der Waals surface area contributed by atoms with Crippen molar-refractivity contribution in [1.82, 2.24) is 4.98 Å². The standard InChI is InChI=1S/C19H25ClN2O5S/c1-6-26-18(25)14(10-28-12(2)24)8-16(22-11-23)13-7-15(20)17(21-9-13)27-19(3,4)5/h7,9,14,16H,6,8,10H2,1-5H3. The highest BCUT2D eigenvalue weighted by Gasteiger charge is 2.27. The van der Waals surface area contributed by atoms with E-state index in [1.807, 2.05) is 20.8 Å². The van der Waals surface area contributed by atoms with Crippen LogP contribution in [-0.2, 0) is 19.1 Å². The van der Waals surface area contributed by atoms with Crippen molar-refractivity contribution in [3.63, 3.8) is 0 Å². The Hall–Kier alpha value is -1.89. The fourth-order valence-corrected chi connectivity index (χ4v) is 3.22. The number of carbonyl (C=O) groups is 2. The number of hydrogen-bond donors (Lipinski definition) is 0. The minimum Gasteiger partial charge on any atom is -0.471 e. The van der Waals surface area contributed by atoms with Crippen molar-refractivity contribution in [2.75, 3.05) is 12.4 Å². The topological polar surface area (TPSA) is 94.9 Å². The average Bonchev–Trinajstić information content (AvgIpc) is 2.58. The van der Waals surface area contributed by atoms with E-state index in [0.29, 0.717) is 5.56 Å². The van der Waals surface area contributed by atoms with Gasteiger partial charge in [-0.15, -0.1) is 0 Å². The molecule has 28 heavy (non-hydrogen) atoms. The molecule has 2 atom stereocenters. The third-order valence-electron chi connectivity index (χ3n) is 3.44. The molecule has 0 amide bonds. The summed E-state index contributed by atoms with van der Waals surface area (Å²) in [4.78, 5) is 42.5. The first-order chi connectivity index (χ1) is 13.1. The Bertz CT molecular complexity index is 744. The average molecular weight is 429 g/mol. The Morgan fingerprint density at radius 2 is 2.07 bits per heavy atom. The van der Waals surface area contributed by atoms with Crippen LogP contribution >= 0.6 is 23.4 Å². The summed E-state index contributed by atoms with van der Waals surface area (Å²) in [6, 6.07) is 0.898. The van der Waals surface area contributed by atoms with Gasteiger partial charge in [-0.05, 0) is 45.7 Å². The smallest absolute Gasteiger partial charge is 0.309 e. The maximum absolute atomic E-state index is 12.3. The molecule has 1 rings (SSSR count). The number of rotatable bonds is 9. The number of aliphatic imine (C=N–C) groups is 1.